The molecule has 0 amide bonds. The van der Waals surface area contributed by atoms with Crippen LogP contribution in [0.15, 0.2) is 0 Å². The number of rotatable bonds is 8. The molecular weight excluding hydrogens is 324 g/mol. The molecule has 2 unspecified atom stereocenters. The van der Waals surface area contributed by atoms with Gasteiger partial charge in [0.2, 0.25) is 0 Å². The van der Waals surface area contributed by atoms with E-state index >= 15 is 0 Å². The minimum Gasteiger partial charge on any atom is -0.321 e. The van der Waals surface area contributed by atoms with Gasteiger partial charge < -0.3 is 9.13 Å². The summed E-state index contributed by atoms with van der Waals surface area (Å²) in [5.74, 6) is 0. The van der Waals surface area contributed by atoms with Gasteiger partial charge in [-0.15, -0.1) is 0 Å². The van der Waals surface area contributed by atoms with E-state index in [1.807, 2.05) is 0 Å². The van der Waals surface area contributed by atoms with Crippen molar-refractivity contribution < 1.29 is 0 Å². The van der Waals surface area contributed by atoms with Gasteiger partial charge in [0.25, 0.3) is 0 Å². The Hall–Kier alpha value is 0.354. The maximum absolute atomic E-state index is 3.14. The highest BCUT2D eigenvalue weighted by Gasteiger charge is 2.46. The molecule has 2 aliphatic carbocycles. The molecule has 1 aliphatic heterocycles. The van der Waals surface area contributed by atoms with E-state index in [1.165, 1.54) is 64.2 Å². The molecule has 24 heavy (non-hydrogen) atoms. The number of nitrogens with zero attached hydrogens (tertiary/aromatic N) is 2. The van der Waals surface area contributed by atoms with E-state index in [2.05, 4.69) is 36.8 Å². The Morgan fingerprint density at radius 3 is 1.33 bits per heavy atom. The molecule has 2 nitrogen and oxygen atoms in total. The first-order valence-electron chi connectivity index (χ1n) is 11.2. The lowest BCUT2D eigenvalue weighted by Crippen LogP contribution is -2.65. The highest BCUT2D eigenvalue weighted by atomic mass is 28.4. The van der Waals surface area contributed by atoms with Gasteiger partial charge in [-0.25, -0.2) is 0 Å². The quantitative estimate of drug-likeness (QED) is 0.579. The summed E-state index contributed by atoms with van der Waals surface area (Å²) in [5, 5.41) is 0. The Bertz CT molecular complexity index is 340. The molecule has 3 fully saturated rings. The second kappa shape index (κ2) is 8.83. The maximum atomic E-state index is 3.14. The predicted molar refractivity (Wildman–Crippen MR) is 112 cm³/mol. The summed E-state index contributed by atoms with van der Waals surface area (Å²) >= 11 is 0. The van der Waals surface area contributed by atoms with Gasteiger partial charge in [-0.2, -0.15) is 0 Å². The standard InChI is InChI=1S/C20H42N2Si2/c1-5-17(3)21(19-11-7-8-12-19)23-15-24(16-23)22(18(4)6-2)20-13-9-10-14-20/h17-20,23-24H,5-16H2,1-4H3. The van der Waals surface area contributed by atoms with Crippen molar-refractivity contribution in [3.63, 3.8) is 0 Å². The third-order valence-electron chi connectivity index (χ3n) is 7.62. The third-order valence-corrected chi connectivity index (χ3v) is 19.9. The molecule has 0 bridgehead atoms. The van der Waals surface area contributed by atoms with Crippen molar-refractivity contribution in [2.45, 2.75) is 127 Å². The smallest absolute Gasteiger partial charge is 0.109 e. The Labute approximate surface area is 154 Å². The summed E-state index contributed by atoms with van der Waals surface area (Å²) in [6, 6.07) is 3.69. The zero-order chi connectivity index (χ0) is 17.1. The van der Waals surface area contributed by atoms with Crippen molar-refractivity contribution in [1.29, 1.82) is 0 Å². The van der Waals surface area contributed by atoms with E-state index in [0.29, 0.717) is 0 Å². The van der Waals surface area contributed by atoms with Crippen LogP contribution in [0.25, 0.3) is 0 Å². The second-order valence-corrected chi connectivity index (χ2v) is 16.6. The normalized spacial score (nSPS) is 31.8. The molecule has 0 spiro atoms. The van der Waals surface area contributed by atoms with Gasteiger partial charge in [0.1, 0.15) is 17.9 Å². The largest absolute Gasteiger partial charge is 0.321 e. The lowest BCUT2D eigenvalue weighted by molar-refractivity contribution is 0.239. The van der Waals surface area contributed by atoms with Crippen LogP contribution in [0.1, 0.15) is 91.9 Å². The lowest BCUT2D eigenvalue weighted by Gasteiger charge is -2.52. The zero-order valence-electron chi connectivity index (χ0n) is 16.8. The van der Waals surface area contributed by atoms with Gasteiger partial charge in [-0.05, 0) is 49.9 Å². The average Bonchev–Trinajstić information content (AvgIpc) is 3.25. The molecule has 2 atom stereocenters. The predicted octanol–water partition coefficient (Wildman–Crippen LogP) is 4.61. The summed E-state index contributed by atoms with van der Waals surface area (Å²) in [7, 11) is -1.20. The number of hydrogen-bond acceptors (Lipinski definition) is 2. The third kappa shape index (κ3) is 4.02. The van der Waals surface area contributed by atoms with E-state index in [4.69, 9.17) is 0 Å². The molecule has 1 saturated heterocycles. The molecule has 0 radical (unpaired) electrons. The van der Waals surface area contributed by atoms with Gasteiger partial charge in [0.05, 0.1) is 0 Å². The Morgan fingerprint density at radius 2 is 1.04 bits per heavy atom. The number of hydrogen-bond donors (Lipinski definition) is 0. The molecule has 0 aromatic carbocycles. The molecule has 140 valence electrons. The van der Waals surface area contributed by atoms with Crippen molar-refractivity contribution in [3.8, 4) is 0 Å². The topological polar surface area (TPSA) is 6.48 Å². The van der Waals surface area contributed by atoms with Crippen molar-refractivity contribution in [2.75, 3.05) is 0 Å². The molecule has 3 aliphatic rings. The lowest BCUT2D eigenvalue weighted by atomic mass is 10.2. The summed E-state index contributed by atoms with van der Waals surface area (Å²) in [6.45, 7) is 9.89. The SMILES string of the molecule is CCC(C)N(C1CCCC1)[SiH]1C[SiH](N(C(C)CC)C2CCCC2)C1. The molecular formula is C20H42N2Si2. The van der Waals surface area contributed by atoms with Crippen molar-refractivity contribution >= 4 is 17.9 Å². The van der Waals surface area contributed by atoms with Gasteiger partial charge >= 0.3 is 0 Å². The fourth-order valence-corrected chi connectivity index (χ4v) is 17.9. The van der Waals surface area contributed by atoms with Crippen LogP contribution in [0.4, 0.5) is 0 Å². The molecule has 0 aromatic heterocycles. The summed E-state index contributed by atoms with van der Waals surface area (Å²) < 4.78 is 6.28. The summed E-state index contributed by atoms with van der Waals surface area (Å²) in [5.41, 5.74) is 3.45. The monoisotopic (exact) mass is 366 g/mol. The average molecular weight is 367 g/mol. The van der Waals surface area contributed by atoms with Gasteiger partial charge in [-0.3, -0.25) is 0 Å². The fourth-order valence-electron chi connectivity index (χ4n) is 5.91. The van der Waals surface area contributed by atoms with Crippen LogP contribution < -0.4 is 0 Å². The first-order chi connectivity index (χ1) is 11.7. The molecule has 2 saturated carbocycles. The van der Waals surface area contributed by atoms with Crippen LogP contribution in [0.3, 0.4) is 0 Å². The van der Waals surface area contributed by atoms with E-state index in [-0.39, 0.29) is 0 Å². The highest BCUT2D eigenvalue weighted by molar-refractivity contribution is 6.92. The van der Waals surface area contributed by atoms with E-state index in [1.54, 1.807) is 11.3 Å². The molecule has 4 heteroatoms. The van der Waals surface area contributed by atoms with E-state index < -0.39 is 17.9 Å². The first kappa shape index (κ1) is 19.1. The van der Waals surface area contributed by atoms with Crippen molar-refractivity contribution in [3.05, 3.63) is 0 Å². The van der Waals surface area contributed by atoms with Crippen LogP contribution >= 0.6 is 0 Å². The van der Waals surface area contributed by atoms with Gasteiger partial charge in [-0.1, -0.05) is 53.4 Å². The summed E-state index contributed by atoms with van der Waals surface area (Å²) in [4.78, 5) is 0. The van der Waals surface area contributed by atoms with Crippen molar-refractivity contribution in [1.82, 2.24) is 9.13 Å². The van der Waals surface area contributed by atoms with Crippen LogP contribution in [0.5, 0.6) is 0 Å². The van der Waals surface area contributed by atoms with E-state index in [9.17, 15) is 0 Å². The maximum Gasteiger partial charge on any atom is 0.109 e. The Kier molecular flexibility index (Phi) is 7.04. The van der Waals surface area contributed by atoms with Crippen molar-refractivity contribution in [2.24, 2.45) is 0 Å². The summed E-state index contributed by atoms with van der Waals surface area (Å²) in [6.07, 6.45) is 14.8. The van der Waals surface area contributed by atoms with Crippen LogP contribution in [-0.2, 0) is 0 Å². The van der Waals surface area contributed by atoms with Crippen LogP contribution in [0, 0.1) is 0 Å². The zero-order valence-corrected chi connectivity index (χ0v) is 19.2. The Balaban J connectivity index is 1.62. The minimum absolute atomic E-state index is 0.600. The minimum atomic E-state index is -0.600. The van der Waals surface area contributed by atoms with Crippen LogP contribution in [-0.4, -0.2) is 51.2 Å². The second-order valence-electron chi connectivity index (χ2n) is 9.06. The fraction of sp³-hybridized carbons (Fsp3) is 1.00. The van der Waals surface area contributed by atoms with Gasteiger partial charge in [0.15, 0.2) is 0 Å². The molecule has 1 heterocycles. The molecule has 0 aromatic rings. The van der Waals surface area contributed by atoms with Crippen LogP contribution in [0.2, 0.25) is 11.3 Å². The molecule has 0 N–H and O–H groups in total. The molecule has 3 rings (SSSR count). The van der Waals surface area contributed by atoms with E-state index in [0.717, 1.165) is 24.2 Å². The Morgan fingerprint density at radius 1 is 0.708 bits per heavy atom. The first-order valence-corrected chi connectivity index (χ1v) is 15.5. The van der Waals surface area contributed by atoms with Gasteiger partial charge in [0, 0.05) is 24.2 Å². The highest BCUT2D eigenvalue weighted by Crippen LogP contribution is 2.38.